The van der Waals surface area contributed by atoms with Crippen molar-refractivity contribution in [2.45, 2.75) is 20.3 Å². The van der Waals surface area contributed by atoms with Crippen LogP contribution in [0.3, 0.4) is 0 Å². The van der Waals surface area contributed by atoms with Gasteiger partial charge in [0.1, 0.15) is 0 Å². The second-order valence-corrected chi connectivity index (χ2v) is 6.99. The average molecular weight is 274 g/mol. The fourth-order valence-electron chi connectivity index (χ4n) is 2.34. The van der Waals surface area contributed by atoms with E-state index in [4.69, 9.17) is 4.74 Å². The third-order valence-corrected chi connectivity index (χ3v) is 5.57. The molecule has 0 bridgehead atoms. The van der Waals surface area contributed by atoms with Crippen molar-refractivity contribution in [1.82, 2.24) is 8.61 Å². The Morgan fingerprint density at radius 2 is 1.83 bits per heavy atom. The Bertz CT molecular complexity index is 411. The molecule has 0 N–H and O–H groups in total. The van der Waals surface area contributed by atoms with Crippen LogP contribution in [-0.4, -0.2) is 56.4 Å². The van der Waals surface area contributed by atoms with E-state index < -0.39 is 10.2 Å². The standard InChI is InChI=1S/C12H22N2O3S/c1-11(2)12-3-5-13(6-4-12)18(15,16)14-7-9-17-10-8-14/h3,11H,4-10H2,1-2H3. The highest BCUT2D eigenvalue weighted by atomic mass is 32.2. The van der Waals surface area contributed by atoms with Gasteiger partial charge in [0.25, 0.3) is 10.2 Å². The molecule has 1 fully saturated rings. The summed E-state index contributed by atoms with van der Waals surface area (Å²) in [6.07, 6.45) is 2.91. The Labute approximate surface area is 110 Å². The van der Waals surface area contributed by atoms with E-state index in [1.165, 1.54) is 9.88 Å². The molecule has 0 amide bonds. The van der Waals surface area contributed by atoms with Gasteiger partial charge in [-0.1, -0.05) is 25.5 Å². The molecular weight excluding hydrogens is 252 g/mol. The van der Waals surface area contributed by atoms with Crippen LogP contribution >= 0.6 is 0 Å². The zero-order valence-electron chi connectivity index (χ0n) is 11.1. The van der Waals surface area contributed by atoms with Gasteiger partial charge in [0.2, 0.25) is 0 Å². The van der Waals surface area contributed by atoms with Gasteiger partial charge in [-0.2, -0.15) is 17.0 Å². The molecule has 104 valence electrons. The Kier molecular flexibility index (Phi) is 4.42. The fourth-order valence-corrected chi connectivity index (χ4v) is 3.86. The van der Waals surface area contributed by atoms with Crippen LogP contribution in [0.5, 0.6) is 0 Å². The predicted molar refractivity (Wildman–Crippen MR) is 70.4 cm³/mol. The molecule has 5 nitrogen and oxygen atoms in total. The fraction of sp³-hybridized carbons (Fsp3) is 0.833. The molecule has 18 heavy (non-hydrogen) atoms. The maximum absolute atomic E-state index is 12.4. The molecule has 0 aromatic heterocycles. The van der Waals surface area contributed by atoms with Gasteiger partial charge in [0, 0.05) is 26.2 Å². The summed E-state index contributed by atoms with van der Waals surface area (Å²) in [5.41, 5.74) is 1.36. The smallest absolute Gasteiger partial charge is 0.282 e. The van der Waals surface area contributed by atoms with Gasteiger partial charge in [-0.3, -0.25) is 0 Å². The third-order valence-electron chi connectivity index (χ3n) is 3.57. The van der Waals surface area contributed by atoms with E-state index in [0.29, 0.717) is 45.3 Å². The summed E-state index contributed by atoms with van der Waals surface area (Å²) in [7, 11) is -3.29. The number of ether oxygens (including phenoxy) is 1. The molecule has 2 rings (SSSR count). The molecule has 6 heteroatoms. The molecule has 0 aromatic rings. The van der Waals surface area contributed by atoms with Crippen molar-refractivity contribution in [3.63, 3.8) is 0 Å². The lowest BCUT2D eigenvalue weighted by atomic mass is 9.98. The minimum Gasteiger partial charge on any atom is -0.379 e. The van der Waals surface area contributed by atoms with E-state index in [1.54, 1.807) is 4.31 Å². The van der Waals surface area contributed by atoms with E-state index >= 15 is 0 Å². The van der Waals surface area contributed by atoms with Crippen LogP contribution in [0, 0.1) is 5.92 Å². The second-order valence-electron chi connectivity index (χ2n) is 5.06. The lowest BCUT2D eigenvalue weighted by Gasteiger charge is -2.34. The van der Waals surface area contributed by atoms with Crippen LogP contribution in [0.25, 0.3) is 0 Å². The quantitative estimate of drug-likeness (QED) is 0.717. The van der Waals surface area contributed by atoms with Crippen LogP contribution < -0.4 is 0 Å². The van der Waals surface area contributed by atoms with E-state index in [-0.39, 0.29) is 0 Å². The van der Waals surface area contributed by atoms with Gasteiger partial charge in [0.15, 0.2) is 0 Å². The number of hydrogen-bond acceptors (Lipinski definition) is 3. The predicted octanol–water partition coefficient (Wildman–Crippen LogP) is 0.852. The molecule has 2 heterocycles. The Balaban J connectivity index is 2.04. The van der Waals surface area contributed by atoms with Crippen LogP contribution in [0.4, 0.5) is 0 Å². The molecular formula is C12H22N2O3S. The summed E-state index contributed by atoms with van der Waals surface area (Å²) in [5.74, 6) is 0.512. The van der Waals surface area contributed by atoms with Crippen molar-refractivity contribution < 1.29 is 13.2 Å². The van der Waals surface area contributed by atoms with Crippen molar-refractivity contribution in [2.24, 2.45) is 5.92 Å². The Hall–Kier alpha value is -0.430. The van der Waals surface area contributed by atoms with E-state index in [9.17, 15) is 8.42 Å². The second kappa shape index (κ2) is 5.69. The van der Waals surface area contributed by atoms with Gasteiger partial charge < -0.3 is 4.74 Å². The summed E-state index contributed by atoms with van der Waals surface area (Å²) in [6.45, 7) is 7.35. The molecule has 0 saturated carbocycles. The van der Waals surface area contributed by atoms with Crippen molar-refractivity contribution in [2.75, 3.05) is 39.4 Å². The molecule has 2 aliphatic rings. The van der Waals surface area contributed by atoms with E-state index in [2.05, 4.69) is 19.9 Å². The van der Waals surface area contributed by atoms with Gasteiger partial charge in [-0.05, 0) is 12.3 Å². The minimum absolute atomic E-state index is 0.472. The maximum Gasteiger partial charge on any atom is 0.282 e. The average Bonchev–Trinajstić information content (AvgIpc) is 2.40. The first kappa shape index (κ1) is 14.0. The van der Waals surface area contributed by atoms with Gasteiger partial charge in [-0.25, -0.2) is 0 Å². The van der Waals surface area contributed by atoms with Crippen LogP contribution in [0.2, 0.25) is 0 Å². The number of hydrogen-bond donors (Lipinski definition) is 0. The zero-order valence-corrected chi connectivity index (χ0v) is 11.9. The van der Waals surface area contributed by atoms with E-state index in [0.717, 1.165) is 6.42 Å². The van der Waals surface area contributed by atoms with Gasteiger partial charge >= 0.3 is 0 Å². The molecule has 0 unspecified atom stereocenters. The van der Waals surface area contributed by atoms with Crippen LogP contribution in [0.15, 0.2) is 11.6 Å². The lowest BCUT2D eigenvalue weighted by Crippen LogP contribution is -2.49. The normalized spacial score (nSPS) is 24.3. The number of rotatable bonds is 3. The van der Waals surface area contributed by atoms with Crippen molar-refractivity contribution >= 4 is 10.2 Å². The first-order valence-corrected chi connectivity index (χ1v) is 7.93. The first-order valence-electron chi connectivity index (χ1n) is 6.53. The molecule has 0 aromatic carbocycles. The first-order chi connectivity index (χ1) is 8.51. The van der Waals surface area contributed by atoms with Crippen molar-refractivity contribution in [1.29, 1.82) is 0 Å². The minimum atomic E-state index is -3.29. The third kappa shape index (κ3) is 2.93. The molecule has 0 radical (unpaired) electrons. The van der Waals surface area contributed by atoms with Crippen LogP contribution in [0.1, 0.15) is 20.3 Å². The van der Waals surface area contributed by atoms with Gasteiger partial charge in [0.05, 0.1) is 13.2 Å². The Morgan fingerprint density at radius 1 is 1.17 bits per heavy atom. The summed E-state index contributed by atoms with van der Waals surface area (Å²) in [4.78, 5) is 0. The number of nitrogens with zero attached hydrogens (tertiary/aromatic N) is 2. The summed E-state index contributed by atoms with van der Waals surface area (Å²) in [5, 5.41) is 0. The molecule has 0 aliphatic carbocycles. The zero-order chi connectivity index (χ0) is 13.2. The largest absolute Gasteiger partial charge is 0.379 e. The summed E-state index contributed by atoms with van der Waals surface area (Å²) >= 11 is 0. The highest BCUT2D eigenvalue weighted by Gasteiger charge is 2.31. The molecule has 1 saturated heterocycles. The molecule has 2 aliphatic heterocycles. The lowest BCUT2D eigenvalue weighted by molar-refractivity contribution is 0.0703. The monoisotopic (exact) mass is 274 g/mol. The van der Waals surface area contributed by atoms with Gasteiger partial charge in [-0.15, -0.1) is 0 Å². The highest BCUT2D eigenvalue weighted by Crippen LogP contribution is 2.22. The topological polar surface area (TPSA) is 49.9 Å². The SMILES string of the molecule is CC(C)C1=CCN(S(=O)(=O)N2CCOCC2)CC1. The summed E-state index contributed by atoms with van der Waals surface area (Å²) in [6, 6.07) is 0. The Morgan fingerprint density at radius 3 is 2.33 bits per heavy atom. The number of morpholine rings is 1. The van der Waals surface area contributed by atoms with Crippen molar-refractivity contribution in [3.8, 4) is 0 Å². The van der Waals surface area contributed by atoms with Crippen molar-refractivity contribution in [3.05, 3.63) is 11.6 Å². The highest BCUT2D eigenvalue weighted by molar-refractivity contribution is 7.86. The van der Waals surface area contributed by atoms with E-state index in [1.807, 2.05) is 0 Å². The van der Waals surface area contributed by atoms with Crippen LogP contribution in [-0.2, 0) is 14.9 Å². The molecule has 0 spiro atoms. The maximum atomic E-state index is 12.4. The summed E-state index contributed by atoms with van der Waals surface area (Å²) < 4.78 is 33.1. The molecule has 0 atom stereocenters.